The molecular weight excluding hydrogens is 414 g/mol. The summed E-state index contributed by atoms with van der Waals surface area (Å²) < 4.78 is 5.95. The molecule has 1 aliphatic rings. The SMILES string of the molecule is CC=O.CN.c1cc(-c2ccc(Oc3ccc4cc(CN5CCCC5)ccc4c3)nc2)[nH]n1. The number of hydrogen-bond acceptors (Lipinski definition) is 6. The van der Waals surface area contributed by atoms with Gasteiger partial charge < -0.3 is 15.3 Å². The van der Waals surface area contributed by atoms with Gasteiger partial charge in [0.25, 0.3) is 0 Å². The number of carbonyl (C=O) groups excluding carboxylic acids is 1. The summed E-state index contributed by atoms with van der Waals surface area (Å²) in [5.41, 5.74) is 7.79. The highest BCUT2D eigenvalue weighted by Gasteiger charge is 2.12. The predicted octanol–water partition coefficient (Wildman–Crippen LogP) is 4.79. The summed E-state index contributed by atoms with van der Waals surface area (Å²) in [6, 6.07) is 18.7. The van der Waals surface area contributed by atoms with Crippen LogP contribution in [0.3, 0.4) is 0 Å². The zero-order valence-electron chi connectivity index (χ0n) is 19.2. The van der Waals surface area contributed by atoms with Crippen molar-refractivity contribution in [3.8, 4) is 22.9 Å². The Morgan fingerprint density at radius 3 is 2.42 bits per heavy atom. The number of aromatic amines is 1. The maximum absolute atomic E-state index is 8.81. The van der Waals surface area contributed by atoms with Gasteiger partial charge in [0.2, 0.25) is 5.88 Å². The fourth-order valence-corrected chi connectivity index (χ4v) is 3.77. The third-order valence-electron chi connectivity index (χ3n) is 5.25. The van der Waals surface area contributed by atoms with Crippen LogP contribution in [0.15, 0.2) is 67.0 Å². The Bertz CT molecular complexity index is 1120. The Hall–Kier alpha value is -3.55. The number of carbonyl (C=O) groups is 1. The van der Waals surface area contributed by atoms with E-state index in [4.69, 9.17) is 9.53 Å². The number of likely N-dealkylation sites (tertiary alicyclic amines) is 1. The number of hydrogen-bond donors (Lipinski definition) is 2. The van der Waals surface area contributed by atoms with E-state index in [1.165, 1.54) is 56.2 Å². The van der Waals surface area contributed by atoms with Crippen molar-refractivity contribution in [3.63, 3.8) is 0 Å². The average molecular weight is 446 g/mol. The van der Waals surface area contributed by atoms with Gasteiger partial charge in [-0.2, -0.15) is 5.10 Å². The molecule has 3 N–H and O–H groups in total. The van der Waals surface area contributed by atoms with Crippen LogP contribution in [0.25, 0.3) is 22.0 Å². The van der Waals surface area contributed by atoms with Gasteiger partial charge in [0.15, 0.2) is 0 Å². The lowest BCUT2D eigenvalue weighted by atomic mass is 10.1. The van der Waals surface area contributed by atoms with E-state index in [0.717, 1.165) is 29.8 Å². The summed E-state index contributed by atoms with van der Waals surface area (Å²) in [6.07, 6.45) is 6.91. The molecule has 33 heavy (non-hydrogen) atoms. The van der Waals surface area contributed by atoms with Crippen LogP contribution < -0.4 is 10.5 Å². The largest absolute Gasteiger partial charge is 0.439 e. The summed E-state index contributed by atoms with van der Waals surface area (Å²) in [6.45, 7) is 4.93. The number of nitrogens with zero attached hydrogens (tertiary/aromatic N) is 3. The molecule has 0 bridgehead atoms. The number of benzene rings is 2. The van der Waals surface area contributed by atoms with Gasteiger partial charge in [-0.05, 0) is 86.6 Å². The molecule has 172 valence electrons. The second-order valence-corrected chi connectivity index (χ2v) is 7.52. The maximum Gasteiger partial charge on any atom is 0.219 e. The number of rotatable bonds is 5. The van der Waals surface area contributed by atoms with E-state index in [1.54, 1.807) is 12.4 Å². The molecule has 2 aromatic carbocycles. The molecule has 0 saturated carbocycles. The topological polar surface area (TPSA) is 97.1 Å². The molecule has 0 radical (unpaired) electrons. The molecule has 0 spiro atoms. The van der Waals surface area contributed by atoms with E-state index < -0.39 is 0 Å². The third kappa shape index (κ3) is 6.71. The monoisotopic (exact) mass is 445 g/mol. The number of pyridine rings is 1. The number of ether oxygens (including phenoxy) is 1. The summed E-state index contributed by atoms with van der Waals surface area (Å²) in [7, 11) is 1.50. The number of aldehydes is 1. The maximum atomic E-state index is 8.81. The molecule has 0 unspecified atom stereocenters. The lowest BCUT2D eigenvalue weighted by Gasteiger charge is -2.15. The third-order valence-corrected chi connectivity index (χ3v) is 5.25. The smallest absolute Gasteiger partial charge is 0.219 e. The molecule has 0 amide bonds. The molecule has 1 aliphatic heterocycles. The van der Waals surface area contributed by atoms with Crippen molar-refractivity contribution in [1.82, 2.24) is 20.1 Å². The van der Waals surface area contributed by atoms with E-state index >= 15 is 0 Å². The van der Waals surface area contributed by atoms with Crippen molar-refractivity contribution in [2.45, 2.75) is 26.3 Å². The fourth-order valence-electron chi connectivity index (χ4n) is 3.77. The normalized spacial score (nSPS) is 12.9. The Morgan fingerprint density at radius 1 is 1.03 bits per heavy atom. The minimum atomic E-state index is 0.577. The van der Waals surface area contributed by atoms with E-state index in [1.807, 2.05) is 24.3 Å². The molecule has 7 heteroatoms. The number of H-pyrrole nitrogens is 1. The number of fused-ring (bicyclic) bond motifs is 1. The van der Waals surface area contributed by atoms with Gasteiger partial charge in [0.1, 0.15) is 12.0 Å². The highest BCUT2D eigenvalue weighted by molar-refractivity contribution is 5.84. The van der Waals surface area contributed by atoms with Crippen molar-refractivity contribution in [2.24, 2.45) is 5.73 Å². The molecule has 5 rings (SSSR count). The van der Waals surface area contributed by atoms with Crippen LogP contribution in [0.5, 0.6) is 11.6 Å². The highest BCUT2D eigenvalue weighted by Crippen LogP contribution is 2.27. The van der Waals surface area contributed by atoms with Gasteiger partial charge in [-0.1, -0.05) is 18.2 Å². The second kappa shape index (κ2) is 12.5. The first-order valence-electron chi connectivity index (χ1n) is 11.1. The van der Waals surface area contributed by atoms with Gasteiger partial charge >= 0.3 is 0 Å². The first kappa shape index (κ1) is 24.1. The predicted molar refractivity (Wildman–Crippen MR) is 132 cm³/mol. The molecule has 0 atom stereocenters. The van der Waals surface area contributed by atoms with Crippen molar-refractivity contribution in [2.75, 3.05) is 20.1 Å². The molecule has 1 saturated heterocycles. The minimum absolute atomic E-state index is 0.577. The molecule has 4 aromatic rings. The van der Waals surface area contributed by atoms with Crippen LogP contribution in [0.1, 0.15) is 25.3 Å². The second-order valence-electron chi connectivity index (χ2n) is 7.52. The number of nitrogens with one attached hydrogen (secondary N) is 1. The fraction of sp³-hybridized carbons (Fsp3) is 0.269. The highest BCUT2D eigenvalue weighted by atomic mass is 16.5. The first-order chi connectivity index (χ1) is 16.2. The Balaban J connectivity index is 0.000000569. The summed E-state index contributed by atoms with van der Waals surface area (Å²) >= 11 is 0. The molecule has 3 heterocycles. The molecule has 7 nitrogen and oxygen atoms in total. The van der Waals surface area contributed by atoms with Gasteiger partial charge in [-0.25, -0.2) is 4.98 Å². The Morgan fingerprint density at radius 2 is 1.76 bits per heavy atom. The Labute approximate surface area is 194 Å². The standard InChI is InChI=1S/C23H22N4O.C2H4O.CH5N/c1-2-12-27(11-1)16-17-3-4-19-14-21(7-5-18(19)13-17)28-23-8-6-20(15-24-23)22-9-10-25-26-22;1-2-3;1-2/h3-10,13-15H,1-2,11-12,16H2,(H,25,26);2H,1H3;2H2,1H3. The van der Waals surface area contributed by atoms with Crippen molar-refractivity contribution < 1.29 is 9.53 Å². The van der Waals surface area contributed by atoms with E-state index in [2.05, 4.69) is 56.1 Å². The van der Waals surface area contributed by atoms with E-state index in [-0.39, 0.29) is 0 Å². The van der Waals surface area contributed by atoms with Crippen LogP contribution in [0, 0.1) is 0 Å². The lowest BCUT2D eigenvalue weighted by molar-refractivity contribution is -0.106. The molecule has 1 fully saturated rings. The quantitative estimate of drug-likeness (QED) is 0.429. The van der Waals surface area contributed by atoms with Crippen molar-refractivity contribution in [3.05, 3.63) is 72.6 Å². The summed E-state index contributed by atoms with van der Waals surface area (Å²) in [4.78, 5) is 15.7. The van der Waals surface area contributed by atoms with Crippen LogP contribution in [-0.4, -0.2) is 46.5 Å². The van der Waals surface area contributed by atoms with Gasteiger partial charge in [-0.3, -0.25) is 10.00 Å². The number of nitrogens with two attached hydrogens (primary N) is 1. The van der Waals surface area contributed by atoms with E-state index in [9.17, 15) is 0 Å². The average Bonchev–Trinajstić information content (AvgIpc) is 3.56. The van der Waals surface area contributed by atoms with Gasteiger partial charge in [0.05, 0.1) is 5.69 Å². The van der Waals surface area contributed by atoms with Crippen molar-refractivity contribution >= 4 is 17.1 Å². The summed E-state index contributed by atoms with van der Waals surface area (Å²) in [5.74, 6) is 1.37. The zero-order chi connectivity index (χ0) is 23.5. The first-order valence-corrected chi connectivity index (χ1v) is 11.1. The van der Waals surface area contributed by atoms with Gasteiger partial charge in [0, 0.05) is 30.6 Å². The van der Waals surface area contributed by atoms with Crippen LogP contribution in [0.2, 0.25) is 0 Å². The van der Waals surface area contributed by atoms with E-state index in [0.29, 0.717) is 5.88 Å². The molecule has 0 aliphatic carbocycles. The number of aromatic nitrogens is 3. The van der Waals surface area contributed by atoms with Crippen LogP contribution >= 0.6 is 0 Å². The zero-order valence-corrected chi connectivity index (χ0v) is 19.2. The van der Waals surface area contributed by atoms with Crippen molar-refractivity contribution in [1.29, 1.82) is 0 Å². The summed E-state index contributed by atoms with van der Waals surface area (Å²) in [5, 5.41) is 9.32. The lowest BCUT2D eigenvalue weighted by Crippen LogP contribution is -2.18. The molecule has 2 aromatic heterocycles. The Kier molecular flexibility index (Phi) is 9.11. The van der Waals surface area contributed by atoms with Crippen LogP contribution in [-0.2, 0) is 11.3 Å². The molecular formula is C26H31N5O2. The van der Waals surface area contributed by atoms with Gasteiger partial charge in [-0.15, -0.1) is 0 Å². The minimum Gasteiger partial charge on any atom is -0.439 e. The van der Waals surface area contributed by atoms with Crippen LogP contribution in [0.4, 0.5) is 0 Å².